The van der Waals surface area contributed by atoms with Crippen molar-refractivity contribution >= 4 is 29.1 Å². The predicted molar refractivity (Wildman–Crippen MR) is 98.7 cm³/mol. The molecule has 26 heavy (non-hydrogen) atoms. The summed E-state index contributed by atoms with van der Waals surface area (Å²) in [7, 11) is 0. The maximum atomic E-state index is 13.1. The van der Waals surface area contributed by atoms with E-state index in [9.17, 15) is 4.79 Å². The van der Waals surface area contributed by atoms with Crippen LogP contribution in [-0.2, 0) is 4.79 Å². The van der Waals surface area contributed by atoms with Gasteiger partial charge in [-0.1, -0.05) is 53.6 Å². The summed E-state index contributed by atoms with van der Waals surface area (Å²) in [5.74, 6) is -0.395. The first kappa shape index (κ1) is 16.3. The van der Waals surface area contributed by atoms with Crippen LogP contribution in [0.1, 0.15) is 11.6 Å². The second-order valence-electron chi connectivity index (χ2n) is 5.93. The molecule has 2 aromatic carbocycles. The summed E-state index contributed by atoms with van der Waals surface area (Å²) in [4.78, 5) is 13.1. The van der Waals surface area contributed by atoms with Crippen LogP contribution in [0, 0.1) is 5.92 Å². The largest absolute Gasteiger partial charge is 0.326 e. The normalized spacial score (nSPS) is 18.7. The fourth-order valence-electron chi connectivity index (χ4n) is 3.08. The summed E-state index contributed by atoms with van der Waals surface area (Å²) in [5, 5.41) is 18.2. The number of carbonyl (C=O) groups excluding carboxylic acids is 1. The van der Waals surface area contributed by atoms with Gasteiger partial charge in [0.2, 0.25) is 11.9 Å². The smallest absolute Gasteiger partial charge is 0.247 e. The number of halogens is 1. The summed E-state index contributed by atoms with van der Waals surface area (Å²) in [6, 6.07) is 16.1. The van der Waals surface area contributed by atoms with Crippen molar-refractivity contribution in [2.45, 2.75) is 6.04 Å². The number of aromatic nitrogens is 4. The lowest BCUT2D eigenvalue weighted by Gasteiger charge is -2.33. The van der Waals surface area contributed by atoms with Crippen LogP contribution < -0.4 is 10.6 Å². The Balaban J connectivity index is 1.75. The van der Waals surface area contributed by atoms with E-state index in [1.807, 2.05) is 42.5 Å². The molecule has 2 N–H and O–H groups in total. The molecule has 0 saturated carbocycles. The van der Waals surface area contributed by atoms with Gasteiger partial charge in [-0.15, -0.1) is 0 Å². The van der Waals surface area contributed by atoms with Crippen molar-refractivity contribution in [3.05, 3.63) is 77.5 Å². The average molecular weight is 367 g/mol. The van der Waals surface area contributed by atoms with Crippen molar-refractivity contribution in [1.29, 1.82) is 0 Å². The zero-order chi connectivity index (χ0) is 18.1. The van der Waals surface area contributed by atoms with Crippen LogP contribution in [0.3, 0.4) is 0 Å². The van der Waals surface area contributed by atoms with Crippen molar-refractivity contribution in [3.8, 4) is 0 Å². The highest BCUT2D eigenvalue weighted by atomic mass is 35.5. The first-order chi connectivity index (χ1) is 12.6. The molecule has 4 rings (SSSR count). The molecule has 2 heterocycles. The highest BCUT2D eigenvalue weighted by Gasteiger charge is 2.40. The second kappa shape index (κ2) is 6.61. The van der Waals surface area contributed by atoms with Crippen LogP contribution in [0.25, 0.3) is 0 Å². The zero-order valence-corrected chi connectivity index (χ0v) is 14.4. The maximum absolute atomic E-state index is 13.1. The Bertz CT molecular complexity index is 971. The molecule has 0 radical (unpaired) electrons. The van der Waals surface area contributed by atoms with Gasteiger partial charge >= 0.3 is 0 Å². The Morgan fingerprint density at radius 2 is 2.00 bits per heavy atom. The first-order valence-corrected chi connectivity index (χ1v) is 8.36. The fraction of sp³-hybridized carbons (Fsp3) is 0.111. The van der Waals surface area contributed by atoms with Gasteiger partial charge in [-0.25, -0.2) is 4.68 Å². The number of nitrogens with one attached hydrogen (secondary N) is 2. The van der Waals surface area contributed by atoms with Gasteiger partial charge in [0.15, 0.2) is 0 Å². The topological polar surface area (TPSA) is 84.7 Å². The highest BCUT2D eigenvalue weighted by Crippen LogP contribution is 2.38. The number of hydrogen-bond donors (Lipinski definition) is 2. The minimum absolute atomic E-state index is 0.208. The molecular weight excluding hydrogens is 352 g/mol. The molecule has 1 amide bonds. The molecule has 130 valence electrons. The summed E-state index contributed by atoms with van der Waals surface area (Å²) < 4.78 is 1.58. The number of amides is 1. The molecule has 0 bridgehead atoms. The summed E-state index contributed by atoms with van der Waals surface area (Å²) in [6.45, 7) is 4.02. The van der Waals surface area contributed by atoms with Gasteiger partial charge in [0.25, 0.3) is 0 Å². The van der Waals surface area contributed by atoms with Gasteiger partial charge < -0.3 is 10.6 Å². The van der Waals surface area contributed by atoms with Gasteiger partial charge in [-0.2, -0.15) is 0 Å². The van der Waals surface area contributed by atoms with Gasteiger partial charge in [0, 0.05) is 16.4 Å². The number of carbonyl (C=O) groups is 1. The third-order valence-electron chi connectivity index (χ3n) is 4.23. The predicted octanol–water partition coefficient (Wildman–Crippen LogP) is 3.11. The molecule has 0 saturated heterocycles. The third kappa shape index (κ3) is 2.93. The Morgan fingerprint density at radius 3 is 2.77 bits per heavy atom. The lowest BCUT2D eigenvalue weighted by Crippen LogP contribution is -2.39. The highest BCUT2D eigenvalue weighted by molar-refractivity contribution is 6.30. The zero-order valence-electron chi connectivity index (χ0n) is 13.6. The lowest BCUT2D eigenvalue weighted by atomic mass is 9.88. The molecule has 3 aromatic rings. The molecular formula is C18H15ClN6O. The van der Waals surface area contributed by atoms with Crippen LogP contribution >= 0.6 is 11.6 Å². The molecule has 2 unspecified atom stereocenters. The van der Waals surface area contributed by atoms with E-state index in [1.54, 1.807) is 16.8 Å². The molecule has 2 atom stereocenters. The van der Waals surface area contributed by atoms with Gasteiger partial charge in [0.05, 0.1) is 6.04 Å². The lowest BCUT2D eigenvalue weighted by molar-refractivity contribution is -0.119. The van der Waals surface area contributed by atoms with E-state index in [2.05, 4.69) is 32.7 Å². The van der Waals surface area contributed by atoms with Crippen molar-refractivity contribution in [2.75, 3.05) is 10.6 Å². The van der Waals surface area contributed by atoms with E-state index < -0.39 is 12.0 Å². The Labute approximate surface area is 154 Å². The molecule has 0 fully saturated rings. The van der Waals surface area contributed by atoms with E-state index in [4.69, 9.17) is 11.6 Å². The number of nitrogens with zero attached hydrogens (tertiary/aromatic N) is 4. The van der Waals surface area contributed by atoms with Crippen LogP contribution in [0.4, 0.5) is 11.6 Å². The van der Waals surface area contributed by atoms with Crippen LogP contribution in [0.5, 0.6) is 0 Å². The van der Waals surface area contributed by atoms with Crippen molar-refractivity contribution in [2.24, 2.45) is 5.92 Å². The monoisotopic (exact) mass is 366 g/mol. The van der Waals surface area contributed by atoms with Crippen LogP contribution in [0.15, 0.2) is 66.9 Å². The van der Waals surface area contributed by atoms with Crippen molar-refractivity contribution in [3.63, 3.8) is 0 Å². The number of benzene rings is 2. The quantitative estimate of drug-likeness (QED) is 0.744. The Kier molecular flexibility index (Phi) is 4.14. The molecule has 7 nitrogen and oxygen atoms in total. The maximum Gasteiger partial charge on any atom is 0.247 e. The average Bonchev–Trinajstić information content (AvgIpc) is 3.09. The Morgan fingerprint density at radius 1 is 1.19 bits per heavy atom. The molecule has 1 aliphatic rings. The van der Waals surface area contributed by atoms with Crippen molar-refractivity contribution < 1.29 is 4.79 Å². The van der Waals surface area contributed by atoms with Crippen LogP contribution in [0.2, 0.25) is 5.02 Å². The Hall–Kier alpha value is -3.19. The van der Waals surface area contributed by atoms with E-state index in [0.29, 0.717) is 22.4 Å². The van der Waals surface area contributed by atoms with E-state index >= 15 is 0 Å². The number of hydrogen-bond acceptors (Lipinski definition) is 5. The van der Waals surface area contributed by atoms with Gasteiger partial charge in [-0.05, 0) is 40.3 Å². The summed E-state index contributed by atoms with van der Waals surface area (Å²) in [6.07, 6.45) is 0. The molecule has 1 aromatic heterocycles. The summed E-state index contributed by atoms with van der Waals surface area (Å²) >= 11 is 6.16. The second-order valence-corrected chi connectivity index (χ2v) is 6.37. The van der Waals surface area contributed by atoms with E-state index in [0.717, 1.165) is 5.56 Å². The number of tetrazole rings is 1. The number of fused-ring (bicyclic) bond motifs is 1. The standard InChI is InChI=1S/C18H15ClN6O/c1-11-15(17(26)21-14-8-3-2-4-9-14)16(12-6-5-7-13(19)10-12)25-18(20-11)22-23-24-25/h2-10,15-16H,1H2,(H,21,26)(H,20,22,24). The first-order valence-electron chi connectivity index (χ1n) is 7.98. The number of para-hydroxylation sites is 1. The van der Waals surface area contributed by atoms with E-state index in [1.165, 1.54) is 0 Å². The van der Waals surface area contributed by atoms with Gasteiger partial charge in [0.1, 0.15) is 5.92 Å². The minimum atomic E-state index is -0.621. The number of anilines is 2. The minimum Gasteiger partial charge on any atom is -0.326 e. The number of rotatable bonds is 3. The van der Waals surface area contributed by atoms with Gasteiger partial charge in [-0.3, -0.25) is 4.79 Å². The molecule has 0 spiro atoms. The fourth-order valence-corrected chi connectivity index (χ4v) is 3.28. The molecule has 1 aliphatic heterocycles. The van der Waals surface area contributed by atoms with Crippen LogP contribution in [-0.4, -0.2) is 26.1 Å². The molecule has 8 heteroatoms. The van der Waals surface area contributed by atoms with E-state index in [-0.39, 0.29) is 5.91 Å². The summed E-state index contributed by atoms with van der Waals surface area (Å²) in [5.41, 5.74) is 2.05. The SMILES string of the molecule is C=C1Nc2nnnn2C(c2cccc(Cl)c2)C1C(=O)Nc1ccccc1. The third-order valence-corrected chi connectivity index (χ3v) is 4.47. The van der Waals surface area contributed by atoms with Crippen molar-refractivity contribution in [1.82, 2.24) is 20.2 Å². The molecule has 0 aliphatic carbocycles.